The number of benzene rings is 2. The van der Waals surface area contributed by atoms with Gasteiger partial charge < -0.3 is 10.6 Å². The molecule has 8 heteroatoms. The van der Waals surface area contributed by atoms with Crippen molar-refractivity contribution in [2.45, 2.75) is 6.42 Å². The molecule has 3 aromatic rings. The van der Waals surface area contributed by atoms with Gasteiger partial charge in [-0.25, -0.2) is 13.2 Å². The zero-order valence-corrected chi connectivity index (χ0v) is 14.0. The molecule has 0 aliphatic carbocycles. The number of rotatable bonds is 6. The second-order valence-corrected chi connectivity index (χ2v) is 5.66. The van der Waals surface area contributed by atoms with E-state index in [9.17, 15) is 18.0 Å². The summed E-state index contributed by atoms with van der Waals surface area (Å²) in [6.45, 7) is 0.440. The molecular weight excluding hydrogens is 357 g/mol. The van der Waals surface area contributed by atoms with Gasteiger partial charge in [-0.05, 0) is 42.3 Å². The first kappa shape index (κ1) is 18.4. The third-order valence-electron chi connectivity index (χ3n) is 3.73. The molecule has 1 amide bonds. The molecule has 0 radical (unpaired) electrons. The van der Waals surface area contributed by atoms with Gasteiger partial charge in [-0.3, -0.25) is 4.79 Å². The highest BCUT2D eigenvalue weighted by Gasteiger charge is 2.10. The number of carbonyl (C=O) groups is 1. The molecule has 0 aliphatic heterocycles. The molecule has 138 valence electrons. The molecule has 0 atom stereocenters. The lowest BCUT2D eigenvalue weighted by Gasteiger charge is -2.07. The topological polar surface area (TPSA) is 66.9 Å². The maximum atomic E-state index is 13.5. The zero-order chi connectivity index (χ0) is 19.2. The van der Waals surface area contributed by atoms with Crippen LogP contribution in [0.15, 0.2) is 54.6 Å². The number of hydrogen-bond donors (Lipinski definition) is 2. The molecule has 0 bridgehead atoms. The number of anilines is 2. The van der Waals surface area contributed by atoms with Crippen molar-refractivity contribution in [3.8, 4) is 0 Å². The standard InChI is InChI=1S/C19H15F3N4O/c20-14-4-2-1-3-12(14)9-10-23-18-8-7-17(25-26-18)19(27)24-13-5-6-15(21)16(22)11-13/h1-8,11H,9-10H2,(H,23,26)(H,24,27). The van der Waals surface area contributed by atoms with Gasteiger partial charge in [0.1, 0.15) is 11.6 Å². The van der Waals surface area contributed by atoms with Crippen molar-refractivity contribution in [2.75, 3.05) is 17.2 Å². The molecule has 2 N–H and O–H groups in total. The Morgan fingerprint density at radius 3 is 2.41 bits per heavy atom. The van der Waals surface area contributed by atoms with Gasteiger partial charge in [0.15, 0.2) is 17.3 Å². The van der Waals surface area contributed by atoms with Crippen LogP contribution in [-0.4, -0.2) is 22.6 Å². The van der Waals surface area contributed by atoms with E-state index >= 15 is 0 Å². The van der Waals surface area contributed by atoms with Crippen LogP contribution in [0.4, 0.5) is 24.7 Å². The fourth-order valence-corrected chi connectivity index (χ4v) is 2.34. The summed E-state index contributed by atoms with van der Waals surface area (Å²) in [4.78, 5) is 12.1. The predicted octanol–water partition coefficient (Wildman–Crippen LogP) is 3.80. The van der Waals surface area contributed by atoms with Gasteiger partial charge in [-0.2, -0.15) is 0 Å². The van der Waals surface area contributed by atoms with Crippen LogP contribution in [0, 0.1) is 17.5 Å². The highest BCUT2D eigenvalue weighted by Crippen LogP contribution is 2.14. The predicted molar refractivity (Wildman–Crippen MR) is 94.9 cm³/mol. The normalized spacial score (nSPS) is 10.5. The van der Waals surface area contributed by atoms with E-state index in [0.717, 1.165) is 12.1 Å². The van der Waals surface area contributed by atoms with Crippen molar-refractivity contribution in [3.05, 3.63) is 83.3 Å². The molecule has 0 spiro atoms. The molecule has 2 aromatic carbocycles. The largest absolute Gasteiger partial charge is 0.368 e. The number of aromatic nitrogens is 2. The van der Waals surface area contributed by atoms with Gasteiger partial charge in [0.05, 0.1) is 0 Å². The van der Waals surface area contributed by atoms with Gasteiger partial charge in [0, 0.05) is 18.3 Å². The van der Waals surface area contributed by atoms with E-state index in [2.05, 4.69) is 20.8 Å². The van der Waals surface area contributed by atoms with Crippen LogP contribution in [0.25, 0.3) is 0 Å². The van der Waals surface area contributed by atoms with Gasteiger partial charge in [0.2, 0.25) is 0 Å². The van der Waals surface area contributed by atoms with Crippen molar-refractivity contribution < 1.29 is 18.0 Å². The van der Waals surface area contributed by atoms with E-state index in [-0.39, 0.29) is 17.2 Å². The van der Waals surface area contributed by atoms with E-state index in [4.69, 9.17) is 0 Å². The molecule has 1 aromatic heterocycles. The van der Waals surface area contributed by atoms with Crippen molar-refractivity contribution in [1.82, 2.24) is 10.2 Å². The number of nitrogens with zero attached hydrogens (tertiary/aromatic N) is 2. The van der Waals surface area contributed by atoms with Crippen LogP contribution in [0.1, 0.15) is 16.1 Å². The minimum absolute atomic E-state index is 0.0133. The van der Waals surface area contributed by atoms with Crippen molar-refractivity contribution >= 4 is 17.4 Å². The Kier molecular flexibility index (Phi) is 5.65. The zero-order valence-electron chi connectivity index (χ0n) is 14.0. The van der Waals surface area contributed by atoms with Crippen LogP contribution in [0.2, 0.25) is 0 Å². The first-order valence-electron chi connectivity index (χ1n) is 8.10. The molecule has 0 saturated carbocycles. The van der Waals surface area contributed by atoms with Crippen LogP contribution in [-0.2, 0) is 6.42 Å². The monoisotopic (exact) mass is 372 g/mol. The van der Waals surface area contributed by atoms with E-state index in [1.165, 1.54) is 18.2 Å². The lowest BCUT2D eigenvalue weighted by Crippen LogP contribution is -2.15. The van der Waals surface area contributed by atoms with Crippen LogP contribution in [0.3, 0.4) is 0 Å². The summed E-state index contributed by atoms with van der Waals surface area (Å²) in [5.41, 5.74) is 0.702. The van der Waals surface area contributed by atoms with E-state index in [0.29, 0.717) is 24.3 Å². The summed E-state index contributed by atoms with van der Waals surface area (Å²) < 4.78 is 39.6. The fraction of sp³-hybridized carbons (Fsp3) is 0.105. The third kappa shape index (κ3) is 4.81. The van der Waals surface area contributed by atoms with Crippen LogP contribution < -0.4 is 10.6 Å². The quantitative estimate of drug-likeness (QED) is 0.691. The lowest BCUT2D eigenvalue weighted by atomic mass is 10.1. The molecule has 5 nitrogen and oxygen atoms in total. The van der Waals surface area contributed by atoms with Gasteiger partial charge >= 0.3 is 0 Å². The Morgan fingerprint density at radius 2 is 1.70 bits per heavy atom. The first-order chi connectivity index (χ1) is 13.0. The van der Waals surface area contributed by atoms with Gasteiger partial charge in [-0.15, -0.1) is 10.2 Å². The Bertz CT molecular complexity index is 948. The summed E-state index contributed by atoms with van der Waals surface area (Å²) in [6, 6.07) is 12.5. The van der Waals surface area contributed by atoms with Gasteiger partial charge in [0.25, 0.3) is 5.91 Å². The van der Waals surface area contributed by atoms with Gasteiger partial charge in [-0.1, -0.05) is 18.2 Å². The Labute approximate surface area is 153 Å². The van der Waals surface area contributed by atoms with Crippen molar-refractivity contribution in [2.24, 2.45) is 0 Å². The maximum absolute atomic E-state index is 13.5. The SMILES string of the molecule is O=C(Nc1ccc(F)c(F)c1)c1ccc(NCCc2ccccc2F)nn1. The highest BCUT2D eigenvalue weighted by atomic mass is 19.2. The molecule has 1 heterocycles. The molecule has 0 aliphatic rings. The van der Waals surface area contributed by atoms with Crippen molar-refractivity contribution in [1.29, 1.82) is 0 Å². The Morgan fingerprint density at radius 1 is 0.889 bits per heavy atom. The number of amides is 1. The van der Waals surface area contributed by atoms with Crippen LogP contribution in [0.5, 0.6) is 0 Å². The molecule has 0 unspecified atom stereocenters. The molecule has 27 heavy (non-hydrogen) atoms. The smallest absolute Gasteiger partial charge is 0.276 e. The first-order valence-corrected chi connectivity index (χ1v) is 8.10. The summed E-state index contributed by atoms with van der Waals surface area (Å²) in [5, 5.41) is 13.1. The minimum Gasteiger partial charge on any atom is -0.368 e. The average molecular weight is 372 g/mol. The van der Waals surface area contributed by atoms with E-state index < -0.39 is 17.5 Å². The third-order valence-corrected chi connectivity index (χ3v) is 3.73. The average Bonchev–Trinajstić information content (AvgIpc) is 2.67. The summed E-state index contributed by atoms with van der Waals surface area (Å²) in [5.74, 6) is -2.51. The van der Waals surface area contributed by atoms with Crippen LogP contribution >= 0.6 is 0 Å². The lowest BCUT2D eigenvalue weighted by molar-refractivity contribution is 0.102. The fourth-order valence-electron chi connectivity index (χ4n) is 2.34. The summed E-state index contributed by atoms with van der Waals surface area (Å²) in [7, 11) is 0. The number of carbonyl (C=O) groups excluding carboxylic acids is 1. The Hall–Kier alpha value is -3.42. The molecule has 0 fully saturated rings. The summed E-state index contributed by atoms with van der Waals surface area (Å²) >= 11 is 0. The summed E-state index contributed by atoms with van der Waals surface area (Å²) in [6.07, 6.45) is 0.465. The second-order valence-electron chi connectivity index (χ2n) is 5.66. The molecular formula is C19H15F3N4O. The second kappa shape index (κ2) is 8.31. The Balaban J connectivity index is 1.55. The van der Waals surface area contributed by atoms with Crippen molar-refractivity contribution in [3.63, 3.8) is 0 Å². The van der Waals surface area contributed by atoms with E-state index in [1.807, 2.05) is 0 Å². The minimum atomic E-state index is -1.06. The maximum Gasteiger partial charge on any atom is 0.276 e. The number of nitrogens with one attached hydrogen (secondary N) is 2. The molecule has 3 rings (SSSR count). The number of halogens is 3. The van der Waals surface area contributed by atoms with E-state index in [1.54, 1.807) is 24.3 Å². The highest BCUT2D eigenvalue weighted by molar-refractivity contribution is 6.02. The molecule has 0 saturated heterocycles. The number of hydrogen-bond acceptors (Lipinski definition) is 4.